The van der Waals surface area contributed by atoms with Crippen LogP contribution < -0.4 is 0 Å². The molecule has 0 aromatic heterocycles. The van der Waals surface area contributed by atoms with Gasteiger partial charge in [-0.2, -0.15) is 26.3 Å². The Labute approximate surface area is 212 Å². The number of halogens is 6. The topological polar surface area (TPSA) is 38.7 Å². The Morgan fingerprint density at radius 3 is 2.00 bits per heavy atom. The molecule has 0 radical (unpaired) electrons. The highest BCUT2D eigenvalue weighted by molar-refractivity contribution is 5.35. The van der Waals surface area contributed by atoms with Crippen LogP contribution in [0.3, 0.4) is 0 Å². The van der Waals surface area contributed by atoms with E-state index in [2.05, 4.69) is 13.2 Å². The molecule has 3 rings (SSSR count). The monoisotopic (exact) mass is 528 g/mol. The average Bonchev–Trinajstić information content (AvgIpc) is 2.83. The molecule has 0 saturated carbocycles. The summed E-state index contributed by atoms with van der Waals surface area (Å²) in [6.45, 7) is 9.04. The summed E-state index contributed by atoms with van der Waals surface area (Å²) in [5, 5.41) is 11.6. The molecule has 0 bridgehead atoms. The molecular formula is C28H30F6O3. The van der Waals surface area contributed by atoms with Gasteiger partial charge in [0.15, 0.2) is 6.29 Å². The first-order chi connectivity index (χ1) is 17.3. The second-order valence-corrected chi connectivity index (χ2v) is 9.28. The molecule has 3 nitrogen and oxygen atoms in total. The predicted molar refractivity (Wildman–Crippen MR) is 128 cm³/mol. The third-order valence-electron chi connectivity index (χ3n) is 6.73. The van der Waals surface area contributed by atoms with Crippen molar-refractivity contribution in [2.45, 2.75) is 62.5 Å². The van der Waals surface area contributed by atoms with E-state index < -0.39 is 53.3 Å². The molecule has 1 aliphatic rings. The van der Waals surface area contributed by atoms with Crippen LogP contribution in [0.2, 0.25) is 0 Å². The zero-order valence-electron chi connectivity index (χ0n) is 20.4. The van der Waals surface area contributed by atoms with Crippen molar-refractivity contribution in [1.82, 2.24) is 0 Å². The predicted octanol–water partition coefficient (Wildman–Crippen LogP) is 7.83. The quantitative estimate of drug-likeness (QED) is 0.266. The lowest BCUT2D eigenvalue weighted by molar-refractivity contribution is -0.227. The fourth-order valence-electron chi connectivity index (χ4n) is 4.96. The Balaban J connectivity index is 2.02. The van der Waals surface area contributed by atoms with Crippen LogP contribution in [0.1, 0.15) is 60.5 Å². The third kappa shape index (κ3) is 6.83. The van der Waals surface area contributed by atoms with Gasteiger partial charge in [-0.15, -0.1) is 13.2 Å². The number of ether oxygens (including phenoxy) is 2. The maximum Gasteiger partial charge on any atom is 0.416 e. The molecule has 1 aliphatic heterocycles. The Kier molecular flexibility index (Phi) is 8.93. The minimum absolute atomic E-state index is 0.0841. The van der Waals surface area contributed by atoms with Crippen molar-refractivity contribution in [1.29, 1.82) is 0 Å². The van der Waals surface area contributed by atoms with Crippen LogP contribution in [-0.2, 0) is 21.8 Å². The van der Waals surface area contributed by atoms with E-state index in [1.807, 2.05) is 18.2 Å². The van der Waals surface area contributed by atoms with E-state index in [-0.39, 0.29) is 31.1 Å². The van der Waals surface area contributed by atoms with Crippen molar-refractivity contribution in [3.63, 3.8) is 0 Å². The molecule has 9 heteroatoms. The number of alkyl halides is 6. The average molecular weight is 529 g/mol. The standard InChI is InChI=1S/C28H30F6O3/c1-4-12-26(35,13-5-2)23-11-14-36-25(24(23)19-9-7-6-8-10-19)37-18(3)20-15-21(27(29,30)31)17-22(16-20)28(32,33)34/h4-10,15-18,23-25,35H,1-2,11-14H2,3H3/t18-,23-,24+,25-/m1/s1. The number of benzene rings is 2. The van der Waals surface area contributed by atoms with Crippen LogP contribution in [0.5, 0.6) is 0 Å². The molecule has 0 amide bonds. The highest BCUT2D eigenvalue weighted by atomic mass is 19.4. The molecule has 0 aliphatic carbocycles. The fourth-order valence-corrected chi connectivity index (χ4v) is 4.96. The minimum Gasteiger partial charge on any atom is -0.389 e. The molecule has 2 aromatic carbocycles. The Hall–Kier alpha value is -2.62. The third-order valence-corrected chi connectivity index (χ3v) is 6.73. The Bertz CT molecular complexity index is 1020. The lowest BCUT2D eigenvalue weighted by Crippen LogP contribution is -2.48. The van der Waals surface area contributed by atoms with E-state index in [0.29, 0.717) is 18.6 Å². The van der Waals surface area contributed by atoms with Gasteiger partial charge in [-0.05, 0) is 55.5 Å². The van der Waals surface area contributed by atoms with Crippen molar-refractivity contribution in [2.75, 3.05) is 6.61 Å². The lowest BCUT2D eigenvalue weighted by atomic mass is 9.69. The highest BCUT2D eigenvalue weighted by Gasteiger charge is 2.47. The summed E-state index contributed by atoms with van der Waals surface area (Å²) in [6, 6.07) is 10.4. The van der Waals surface area contributed by atoms with Crippen molar-refractivity contribution < 1.29 is 40.9 Å². The molecule has 1 saturated heterocycles. The van der Waals surface area contributed by atoms with Crippen LogP contribution in [0, 0.1) is 5.92 Å². The van der Waals surface area contributed by atoms with Crippen LogP contribution in [-0.4, -0.2) is 23.6 Å². The molecule has 0 unspecified atom stereocenters. The van der Waals surface area contributed by atoms with E-state index in [4.69, 9.17) is 9.47 Å². The summed E-state index contributed by atoms with van der Waals surface area (Å²) in [5.41, 5.74) is -3.61. The van der Waals surface area contributed by atoms with Gasteiger partial charge in [0.2, 0.25) is 0 Å². The van der Waals surface area contributed by atoms with Gasteiger partial charge in [0, 0.05) is 11.8 Å². The summed E-state index contributed by atoms with van der Waals surface area (Å²) >= 11 is 0. The fraction of sp³-hybridized carbons (Fsp3) is 0.429. The first-order valence-electron chi connectivity index (χ1n) is 11.9. The minimum atomic E-state index is -4.97. The van der Waals surface area contributed by atoms with Crippen molar-refractivity contribution >= 4 is 0 Å². The number of rotatable bonds is 9. The Morgan fingerprint density at radius 2 is 1.51 bits per heavy atom. The molecule has 4 atom stereocenters. The van der Waals surface area contributed by atoms with Crippen LogP contribution in [0.15, 0.2) is 73.8 Å². The Morgan fingerprint density at radius 1 is 0.973 bits per heavy atom. The summed E-state index contributed by atoms with van der Waals surface area (Å²) in [4.78, 5) is 0. The zero-order chi connectivity index (χ0) is 27.4. The lowest BCUT2D eigenvalue weighted by Gasteiger charge is -2.46. The number of hydrogen-bond acceptors (Lipinski definition) is 3. The largest absolute Gasteiger partial charge is 0.416 e. The highest BCUT2D eigenvalue weighted by Crippen LogP contribution is 2.46. The van der Waals surface area contributed by atoms with Crippen LogP contribution >= 0.6 is 0 Å². The molecule has 1 N–H and O–H groups in total. The van der Waals surface area contributed by atoms with E-state index in [1.54, 1.807) is 24.3 Å². The van der Waals surface area contributed by atoms with Crippen molar-refractivity contribution in [2.24, 2.45) is 5.92 Å². The summed E-state index contributed by atoms with van der Waals surface area (Å²) < 4.78 is 92.3. The second-order valence-electron chi connectivity index (χ2n) is 9.28. The van der Waals surface area contributed by atoms with E-state index in [9.17, 15) is 31.4 Å². The molecule has 202 valence electrons. The first-order valence-corrected chi connectivity index (χ1v) is 11.9. The van der Waals surface area contributed by atoms with Gasteiger partial charge in [-0.3, -0.25) is 0 Å². The summed E-state index contributed by atoms with van der Waals surface area (Å²) in [6.07, 6.45) is -8.02. The van der Waals surface area contributed by atoms with Gasteiger partial charge in [-0.25, -0.2) is 0 Å². The van der Waals surface area contributed by atoms with Crippen LogP contribution in [0.25, 0.3) is 0 Å². The van der Waals surface area contributed by atoms with Crippen molar-refractivity contribution in [3.8, 4) is 0 Å². The van der Waals surface area contributed by atoms with Gasteiger partial charge in [0.05, 0.1) is 29.4 Å². The summed E-state index contributed by atoms with van der Waals surface area (Å²) in [5.74, 6) is -0.973. The SMILES string of the molecule is C=CCC(O)(CC=C)[C@@H]1CCO[C@H](O[C@H](C)c2cc(C(F)(F)F)cc(C(F)(F)F)c2)[C@H]1c1ccccc1. The van der Waals surface area contributed by atoms with Gasteiger partial charge in [0.25, 0.3) is 0 Å². The molecule has 0 spiro atoms. The number of hydrogen-bond donors (Lipinski definition) is 1. The maximum absolute atomic E-state index is 13.4. The maximum atomic E-state index is 13.4. The van der Waals surface area contributed by atoms with Crippen LogP contribution in [0.4, 0.5) is 26.3 Å². The molecule has 1 fully saturated rings. The smallest absolute Gasteiger partial charge is 0.389 e. The van der Waals surface area contributed by atoms with Gasteiger partial charge in [0.1, 0.15) is 0 Å². The first kappa shape index (κ1) is 28.9. The van der Waals surface area contributed by atoms with Gasteiger partial charge < -0.3 is 14.6 Å². The molecule has 37 heavy (non-hydrogen) atoms. The van der Waals surface area contributed by atoms with E-state index in [0.717, 1.165) is 5.56 Å². The van der Waals surface area contributed by atoms with E-state index in [1.165, 1.54) is 6.92 Å². The molecule has 2 aromatic rings. The molecular weight excluding hydrogens is 498 g/mol. The van der Waals surface area contributed by atoms with Gasteiger partial charge in [-0.1, -0.05) is 42.5 Å². The summed E-state index contributed by atoms with van der Waals surface area (Å²) in [7, 11) is 0. The molecule has 1 heterocycles. The van der Waals surface area contributed by atoms with E-state index >= 15 is 0 Å². The zero-order valence-corrected chi connectivity index (χ0v) is 20.4. The van der Waals surface area contributed by atoms with Gasteiger partial charge >= 0.3 is 12.4 Å². The second kappa shape index (κ2) is 11.4. The number of aliphatic hydroxyl groups is 1. The normalized spacial score (nSPS) is 21.9. The van der Waals surface area contributed by atoms with Crippen molar-refractivity contribution in [3.05, 3.63) is 96.1 Å².